The highest BCUT2D eigenvalue weighted by molar-refractivity contribution is 6.24. The molecule has 14 heteroatoms. The van der Waals surface area contributed by atoms with E-state index in [0.29, 0.717) is 11.9 Å². The standard InChI is InChI=1S/C43H53N3O11/c1-20-14-16-46-31(18-20)44-34-32-29(19-47)42-26(7)39(51)33(32)40(52)35(36(34)46)45-43(53)22(3)13-11-12-21(2)37(49)24(5)38(50)25(6)41(56-27(8)48)23(4)30(54-10)15-17-55-28(9)57-42/h11-19,21,23-25,28,30,37-38,41,49-52H,1-10H3,(H,45,53)/b12-11+,17-15+,22-13-/t21-,23+,24+,25+,28+,30-,37-,38+,41+/m0/s1. The first kappa shape index (κ1) is 42.7. The summed E-state index contributed by atoms with van der Waals surface area (Å²) in [4.78, 5) is 43.9. The summed E-state index contributed by atoms with van der Waals surface area (Å²) in [6, 6.07) is 3.63. The van der Waals surface area contributed by atoms with Gasteiger partial charge in [0.1, 0.15) is 40.0 Å². The number of aromatic nitrogens is 2. The van der Waals surface area contributed by atoms with Crippen LogP contribution in [0, 0.1) is 37.5 Å². The van der Waals surface area contributed by atoms with E-state index in [1.165, 1.54) is 27.2 Å². The predicted molar refractivity (Wildman–Crippen MR) is 215 cm³/mol. The molecule has 0 saturated heterocycles. The first-order chi connectivity index (χ1) is 26.9. The molecule has 306 valence electrons. The van der Waals surface area contributed by atoms with Gasteiger partial charge in [0.25, 0.3) is 5.91 Å². The number of hydrogen-bond acceptors (Lipinski definition) is 12. The average molecular weight is 788 g/mol. The molecule has 4 heterocycles. The number of aryl methyl sites for hydroxylation is 1. The number of aliphatic hydroxyl groups is 2. The molecule has 0 radical (unpaired) electrons. The maximum absolute atomic E-state index is 13.8. The number of aldehydes is 1. The number of anilines is 1. The van der Waals surface area contributed by atoms with E-state index in [1.54, 1.807) is 82.5 Å². The van der Waals surface area contributed by atoms with Gasteiger partial charge in [-0.3, -0.25) is 18.8 Å². The van der Waals surface area contributed by atoms with Gasteiger partial charge in [-0.2, -0.15) is 0 Å². The van der Waals surface area contributed by atoms with Crippen LogP contribution in [0.2, 0.25) is 0 Å². The van der Waals surface area contributed by atoms with Crippen molar-refractivity contribution in [2.75, 3.05) is 12.4 Å². The molecule has 2 aromatic heterocycles. The number of phenolic OH excluding ortho intramolecular Hbond substituents is 2. The number of ether oxygens (including phenoxy) is 4. The molecule has 0 unspecified atom stereocenters. The first-order valence-electron chi connectivity index (χ1n) is 18.9. The van der Waals surface area contributed by atoms with Crippen LogP contribution in [-0.2, 0) is 23.8 Å². The number of benzene rings is 2. The first-order valence-corrected chi connectivity index (χ1v) is 18.9. The summed E-state index contributed by atoms with van der Waals surface area (Å²) >= 11 is 0. The number of aromatic hydroxyl groups is 2. The van der Waals surface area contributed by atoms with Gasteiger partial charge in [-0.25, -0.2) is 4.98 Å². The van der Waals surface area contributed by atoms with Crippen molar-refractivity contribution in [1.82, 2.24) is 9.38 Å². The lowest BCUT2D eigenvalue weighted by Gasteiger charge is -2.38. The minimum absolute atomic E-state index is 0.0161. The van der Waals surface area contributed by atoms with Gasteiger partial charge < -0.3 is 44.7 Å². The minimum Gasteiger partial charge on any atom is -0.507 e. The zero-order valence-corrected chi connectivity index (χ0v) is 33.9. The summed E-state index contributed by atoms with van der Waals surface area (Å²) < 4.78 is 25.2. The molecular weight excluding hydrogens is 734 g/mol. The molecule has 9 atom stereocenters. The fraction of sp³-hybridized carbons (Fsp3) is 0.442. The molecule has 0 spiro atoms. The summed E-state index contributed by atoms with van der Waals surface area (Å²) in [5.41, 5.74) is 2.11. The number of methoxy groups -OCH3 is 1. The van der Waals surface area contributed by atoms with Crippen LogP contribution in [0.3, 0.4) is 0 Å². The number of allylic oxidation sites excluding steroid dienone is 2. The Morgan fingerprint density at radius 2 is 1.68 bits per heavy atom. The van der Waals surface area contributed by atoms with Crippen LogP contribution in [0.15, 0.2) is 54.5 Å². The predicted octanol–water partition coefficient (Wildman–Crippen LogP) is 6.40. The molecule has 1 amide bonds. The van der Waals surface area contributed by atoms with Gasteiger partial charge in [0.2, 0.25) is 6.29 Å². The summed E-state index contributed by atoms with van der Waals surface area (Å²) in [5.74, 6) is -4.33. The number of carbonyl (C=O) groups excluding carboxylic acids is 3. The highest BCUT2D eigenvalue weighted by Gasteiger charge is 2.39. The fourth-order valence-corrected chi connectivity index (χ4v) is 7.62. The Morgan fingerprint density at radius 1 is 0.982 bits per heavy atom. The van der Waals surface area contributed by atoms with Crippen molar-refractivity contribution < 1.29 is 53.8 Å². The molecule has 6 rings (SSSR count). The smallest absolute Gasteiger partial charge is 0.302 e. The zero-order chi connectivity index (χ0) is 42.0. The van der Waals surface area contributed by atoms with Gasteiger partial charge in [0.05, 0.1) is 35.5 Å². The van der Waals surface area contributed by atoms with Crippen molar-refractivity contribution in [3.63, 3.8) is 0 Å². The second-order valence-electron chi connectivity index (χ2n) is 15.1. The van der Waals surface area contributed by atoms with Crippen molar-refractivity contribution in [3.05, 3.63) is 71.2 Å². The fourth-order valence-electron chi connectivity index (χ4n) is 7.62. The van der Waals surface area contributed by atoms with E-state index in [2.05, 4.69) is 5.32 Å². The Balaban J connectivity index is 1.72. The molecule has 5 N–H and O–H groups in total. The van der Waals surface area contributed by atoms with Crippen molar-refractivity contribution >= 4 is 51.3 Å². The number of pyridine rings is 1. The third-order valence-corrected chi connectivity index (χ3v) is 11.0. The lowest BCUT2D eigenvalue weighted by atomic mass is 9.78. The molecule has 2 aliphatic rings. The Hall–Kier alpha value is -5.44. The van der Waals surface area contributed by atoms with Crippen LogP contribution < -0.4 is 10.1 Å². The quantitative estimate of drug-likeness (QED) is 0.0871. The maximum Gasteiger partial charge on any atom is 0.302 e. The molecule has 2 aromatic carbocycles. The van der Waals surface area contributed by atoms with Gasteiger partial charge in [-0.1, -0.05) is 45.9 Å². The third-order valence-electron chi connectivity index (χ3n) is 11.0. The normalized spacial score (nSPS) is 28.9. The minimum atomic E-state index is -1.10. The third kappa shape index (κ3) is 8.34. The lowest BCUT2D eigenvalue weighted by Crippen LogP contribution is -2.46. The highest BCUT2D eigenvalue weighted by Crippen LogP contribution is 2.50. The highest BCUT2D eigenvalue weighted by atomic mass is 16.7. The largest absolute Gasteiger partial charge is 0.507 e. The zero-order valence-electron chi connectivity index (χ0n) is 33.9. The Bertz CT molecular complexity index is 2280. The lowest BCUT2D eigenvalue weighted by molar-refractivity contribution is -0.160. The van der Waals surface area contributed by atoms with Gasteiger partial charge in [0, 0.05) is 67.3 Å². The topological polar surface area (TPSA) is 198 Å². The van der Waals surface area contributed by atoms with Crippen molar-refractivity contribution in [2.45, 2.75) is 93.0 Å². The number of imidazole rings is 1. The Kier molecular flexibility index (Phi) is 13.0. The van der Waals surface area contributed by atoms with Crippen LogP contribution in [0.4, 0.5) is 5.69 Å². The van der Waals surface area contributed by atoms with Crippen molar-refractivity contribution in [3.8, 4) is 17.2 Å². The number of amides is 1. The summed E-state index contributed by atoms with van der Waals surface area (Å²) in [6.07, 6.45) is 5.42. The second-order valence-corrected chi connectivity index (χ2v) is 15.1. The van der Waals surface area contributed by atoms with Gasteiger partial charge >= 0.3 is 5.97 Å². The molecule has 0 fully saturated rings. The molecule has 4 bridgehead atoms. The monoisotopic (exact) mass is 787 g/mol. The van der Waals surface area contributed by atoms with E-state index < -0.39 is 77.8 Å². The van der Waals surface area contributed by atoms with E-state index >= 15 is 0 Å². The van der Waals surface area contributed by atoms with E-state index in [1.807, 2.05) is 13.0 Å². The van der Waals surface area contributed by atoms with Crippen LogP contribution in [0.1, 0.15) is 70.0 Å². The second kappa shape index (κ2) is 17.4. The molecule has 0 aliphatic carbocycles. The number of esters is 1. The van der Waals surface area contributed by atoms with E-state index in [-0.39, 0.29) is 49.9 Å². The molecule has 2 aliphatic heterocycles. The molecule has 0 saturated carbocycles. The van der Waals surface area contributed by atoms with Crippen molar-refractivity contribution in [1.29, 1.82) is 0 Å². The van der Waals surface area contributed by atoms with E-state index in [0.717, 1.165) is 5.56 Å². The summed E-state index contributed by atoms with van der Waals surface area (Å²) in [5, 5.41) is 49.2. The van der Waals surface area contributed by atoms with Crippen LogP contribution in [-0.4, -0.2) is 85.8 Å². The number of hydrogen-bond donors (Lipinski definition) is 5. The van der Waals surface area contributed by atoms with E-state index in [9.17, 15) is 34.8 Å². The van der Waals surface area contributed by atoms with Gasteiger partial charge in [-0.15, -0.1) is 0 Å². The van der Waals surface area contributed by atoms with Crippen LogP contribution >= 0.6 is 0 Å². The SMILES string of the molecule is CO[C@H]1/C=C/O[C@@H](C)Oc2c(C)c(O)c3c(O)c(c4c(nc5cc(C)ccn54)c3c2C=O)NC(=O)/C(C)=C\C=C\[C@H](C)[C@H](O)[C@@H](C)[C@@H](O)[C@@H](C)[C@H](OC(C)=O)[C@@H]1C. The van der Waals surface area contributed by atoms with Crippen LogP contribution in [0.25, 0.3) is 27.5 Å². The molecule has 14 nitrogen and oxygen atoms in total. The van der Waals surface area contributed by atoms with Crippen molar-refractivity contribution in [2.24, 2.45) is 23.7 Å². The number of carbonyl (C=O) groups is 3. The number of nitrogens with one attached hydrogen (secondary N) is 1. The molecule has 4 aromatic rings. The summed E-state index contributed by atoms with van der Waals surface area (Å²) in [7, 11) is 1.48. The van der Waals surface area contributed by atoms with E-state index in [4.69, 9.17) is 23.9 Å². The number of fused-ring (bicyclic) bond motifs is 17. The van der Waals surface area contributed by atoms with Crippen LogP contribution in [0.5, 0.6) is 17.2 Å². The number of phenols is 2. The summed E-state index contributed by atoms with van der Waals surface area (Å²) in [6.45, 7) is 14.9. The molecular formula is C43H53N3O11. The Morgan fingerprint density at radius 3 is 2.33 bits per heavy atom. The average Bonchev–Trinajstić information content (AvgIpc) is 3.55. The number of aliphatic hydroxyl groups excluding tert-OH is 2. The maximum atomic E-state index is 13.8. The van der Waals surface area contributed by atoms with Gasteiger partial charge in [0.15, 0.2) is 12.0 Å². The molecule has 57 heavy (non-hydrogen) atoms. The number of rotatable bonds is 3. The Labute approximate surface area is 331 Å². The number of nitrogens with zero attached hydrogens (tertiary/aromatic N) is 2. The van der Waals surface area contributed by atoms with Gasteiger partial charge in [-0.05, 0) is 44.5 Å².